The molecule has 0 aliphatic carbocycles. The van der Waals surface area contributed by atoms with E-state index < -0.39 is 23.4 Å². The van der Waals surface area contributed by atoms with Crippen LogP contribution in [0.1, 0.15) is 0 Å². The summed E-state index contributed by atoms with van der Waals surface area (Å²) < 4.78 is 45.4. The lowest BCUT2D eigenvalue weighted by Gasteiger charge is -2.04. The summed E-state index contributed by atoms with van der Waals surface area (Å²) in [5.74, 6) is 0. The van der Waals surface area contributed by atoms with E-state index in [2.05, 4.69) is 15.9 Å². The number of allylic oxidation sites excluding steroid dienone is 1. The highest BCUT2D eigenvalue weighted by Gasteiger charge is 2.32. The van der Waals surface area contributed by atoms with Gasteiger partial charge in [-0.25, -0.2) is 4.39 Å². The maximum absolute atomic E-state index is 11.4. The number of alkyl halides is 4. The highest BCUT2D eigenvalue weighted by Crippen LogP contribution is 2.26. The van der Waals surface area contributed by atoms with Crippen molar-refractivity contribution in [2.45, 2.75) is 6.18 Å². The zero-order valence-corrected chi connectivity index (χ0v) is 5.76. The molecule has 0 bridgehead atoms. The summed E-state index contributed by atoms with van der Waals surface area (Å²) >= 11 is 2.48. The first-order chi connectivity index (χ1) is 4.02. The van der Waals surface area contributed by atoms with E-state index in [1.54, 1.807) is 0 Å². The van der Waals surface area contributed by atoms with E-state index in [1.165, 1.54) is 0 Å². The van der Waals surface area contributed by atoms with E-state index in [9.17, 15) is 17.6 Å². The predicted molar refractivity (Wildman–Crippen MR) is 29.0 cm³/mol. The molecule has 0 saturated heterocycles. The number of rotatable bonds is 1. The van der Waals surface area contributed by atoms with Gasteiger partial charge < -0.3 is 0 Å². The maximum atomic E-state index is 11.4. The molecule has 0 radical (unpaired) electrons. The predicted octanol–water partition coefficient (Wildman–Crippen LogP) is 2.80. The first kappa shape index (κ1) is 8.94. The van der Waals surface area contributed by atoms with Gasteiger partial charge in [-0.15, -0.1) is 0 Å². The lowest BCUT2D eigenvalue weighted by atomic mass is 10.3. The molecule has 0 saturated carbocycles. The molecular weight excluding hydrogens is 204 g/mol. The second kappa shape index (κ2) is 3.20. The Bertz CT molecular complexity index is 114. The summed E-state index contributed by atoms with van der Waals surface area (Å²) in [6, 6.07) is 0. The van der Waals surface area contributed by atoms with E-state index >= 15 is 0 Å². The molecule has 0 amide bonds. The third-order valence-corrected chi connectivity index (χ3v) is 1.24. The van der Waals surface area contributed by atoms with Crippen molar-refractivity contribution in [2.75, 3.05) is 5.33 Å². The summed E-state index contributed by atoms with van der Waals surface area (Å²) in [7, 11) is 0. The van der Waals surface area contributed by atoms with Crippen LogP contribution in [0.25, 0.3) is 0 Å². The number of hydrogen-bond donors (Lipinski definition) is 0. The first-order valence-corrected chi connectivity index (χ1v) is 3.07. The highest BCUT2D eigenvalue weighted by molar-refractivity contribution is 9.09. The normalized spacial score (nSPS) is 14.1. The fourth-order valence-corrected chi connectivity index (χ4v) is 0.607. The van der Waals surface area contributed by atoms with E-state index in [4.69, 9.17) is 0 Å². The van der Waals surface area contributed by atoms with Gasteiger partial charge in [-0.05, 0) is 0 Å². The Morgan fingerprint density at radius 3 is 1.89 bits per heavy atom. The Morgan fingerprint density at radius 1 is 1.44 bits per heavy atom. The molecular formula is C4H3BrF4. The Hall–Kier alpha value is -0.0600. The van der Waals surface area contributed by atoms with Gasteiger partial charge in [-0.2, -0.15) is 13.2 Å². The Balaban J connectivity index is 4.14. The maximum Gasteiger partial charge on any atom is 0.415 e. The first-order valence-electron chi connectivity index (χ1n) is 1.94. The second-order valence-corrected chi connectivity index (χ2v) is 1.83. The lowest BCUT2D eigenvalue weighted by molar-refractivity contribution is -0.0915. The van der Waals surface area contributed by atoms with Gasteiger partial charge in [0.25, 0.3) is 0 Å². The van der Waals surface area contributed by atoms with Gasteiger partial charge in [0.2, 0.25) is 0 Å². The molecule has 0 aromatic rings. The van der Waals surface area contributed by atoms with Crippen LogP contribution in [-0.4, -0.2) is 11.5 Å². The molecule has 0 fully saturated rings. The fraction of sp³-hybridized carbons (Fsp3) is 0.500. The van der Waals surface area contributed by atoms with Crippen LogP contribution in [0.5, 0.6) is 0 Å². The van der Waals surface area contributed by atoms with E-state index in [0.29, 0.717) is 0 Å². The molecule has 0 spiro atoms. The van der Waals surface area contributed by atoms with Crippen LogP contribution in [0, 0.1) is 0 Å². The standard InChI is InChI=1S/C4H3BrF4/c5-1-3(2-6)4(7,8)9/h2H,1H2. The highest BCUT2D eigenvalue weighted by atomic mass is 79.9. The molecule has 0 aromatic carbocycles. The summed E-state index contributed by atoms with van der Waals surface area (Å²) in [6.07, 6.45) is -4.99. The van der Waals surface area contributed by atoms with Gasteiger partial charge in [-0.3, -0.25) is 0 Å². The quantitative estimate of drug-likeness (QED) is 0.458. The average molecular weight is 207 g/mol. The van der Waals surface area contributed by atoms with E-state index in [-0.39, 0.29) is 0 Å². The third kappa shape index (κ3) is 2.84. The second-order valence-electron chi connectivity index (χ2n) is 1.27. The Labute approximate surface area is 57.7 Å². The molecule has 0 aliphatic heterocycles. The van der Waals surface area contributed by atoms with Crippen LogP contribution < -0.4 is 0 Å². The van der Waals surface area contributed by atoms with Crippen LogP contribution in [-0.2, 0) is 0 Å². The average Bonchev–Trinajstić information content (AvgIpc) is 1.65. The molecule has 5 heteroatoms. The van der Waals surface area contributed by atoms with E-state index in [1.807, 2.05) is 0 Å². The molecule has 0 unspecified atom stereocenters. The Morgan fingerprint density at radius 2 is 1.89 bits per heavy atom. The zero-order valence-electron chi connectivity index (χ0n) is 4.17. The fourth-order valence-electron chi connectivity index (χ4n) is 0.167. The van der Waals surface area contributed by atoms with Crippen LogP contribution >= 0.6 is 15.9 Å². The molecule has 0 aromatic heterocycles. The summed E-state index contributed by atoms with van der Waals surface area (Å²) in [6.45, 7) is 0. The molecule has 0 aliphatic rings. The van der Waals surface area contributed by atoms with Gasteiger partial charge in [0.1, 0.15) is 0 Å². The minimum Gasteiger partial charge on any atom is -0.215 e. The van der Waals surface area contributed by atoms with Crippen molar-refractivity contribution in [3.63, 3.8) is 0 Å². The zero-order chi connectivity index (χ0) is 7.49. The molecule has 0 heterocycles. The summed E-state index contributed by atoms with van der Waals surface area (Å²) in [5, 5.41) is -0.507. The van der Waals surface area contributed by atoms with Crippen molar-refractivity contribution < 1.29 is 17.6 Å². The monoisotopic (exact) mass is 206 g/mol. The summed E-state index contributed by atoms with van der Waals surface area (Å²) in [5.41, 5.74) is -1.21. The molecule has 0 N–H and O–H groups in total. The van der Waals surface area contributed by atoms with Crippen molar-refractivity contribution in [2.24, 2.45) is 0 Å². The van der Waals surface area contributed by atoms with Gasteiger partial charge in [0.05, 0.1) is 11.9 Å². The molecule has 0 nitrogen and oxygen atoms in total. The van der Waals surface area contributed by atoms with Crippen molar-refractivity contribution in [3.05, 3.63) is 11.9 Å². The topological polar surface area (TPSA) is 0 Å². The molecule has 0 atom stereocenters. The number of hydrogen-bond acceptors (Lipinski definition) is 0. The lowest BCUT2D eigenvalue weighted by Crippen LogP contribution is -2.12. The molecule has 9 heavy (non-hydrogen) atoms. The largest absolute Gasteiger partial charge is 0.415 e. The third-order valence-electron chi connectivity index (χ3n) is 0.640. The van der Waals surface area contributed by atoms with Crippen LogP contribution in [0.15, 0.2) is 11.9 Å². The van der Waals surface area contributed by atoms with Crippen molar-refractivity contribution in [1.29, 1.82) is 0 Å². The van der Waals surface area contributed by atoms with Gasteiger partial charge in [0.15, 0.2) is 0 Å². The van der Waals surface area contributed by atoms with Gasteiger partial charge in [-0.1, -0.05) is 15.9 Å². The molecule has 54 valence electrons. The van der Waals surface area contributed by atoms with E-state index in [0.717, 1.165) is 0 Å². The van der Waals surface area contributed by atoms with Crippen molar-refractivity contribution in [1.82, 2.24) is 0 Å². The van der Waals surface area contributed by atoms with Crippen molar-refractivity contribution in [3.8, 4) is 0 Å². The van der Waals surface area contributed by atoms with Crippen LogP contribution in [0.2, 0.25) is 0 Å². The van der Waals surface area contributed by atoms with Gasteiger partial charge >= 0.3 is 6.18 Å². The SMILES string of the molecule is FC=C(CBr)C(F)(F)F. The minimum absolute atomic E-state index is 0.450. The molecule has 0 rings (SSSR count). The van der Waals surface area contributed by atoms with Gasteiger partial charge in [0, 0.05) is 5.33 Å². The smallest absolute Gasteiger partial charge is 0.215 e. The minimum atomic E-state index is -4.54. The summed E-state index contributed by atoms with van der Waals surface area (Å²) in [4.78, 5) is 0. The van der Waals surface area contributed by atoms with Crippen LogP contribution in [0.3, 0.4) is 0 Å². The van der Waals surface area contributed by atoms with Crippen molar-refractivity contribution >= 4 is 15.9 Å². The van der Waals surface area contributed by atoms with Crippen LogP contribution in [0.4, 0.5) is 17.6 Å². The number of halogens is 5. The Kier molecular flexibility index (Phi) is 3.17.